The molecule has 0 amide bonds. The molecule has 0 spiro atoms. The molecule has 2 rings (SSSR count). The normalized spacial score (nSPS) is 12.2. The number of ether oxygens (including phenoxy) is 3. The molecule has 8 nitrogen and oxygen atoms in total. The van der Waals surface area contributed by atoms with Gasteiger partial charge in [-0.3, -0.25) is 10.7 Å². The van der Waals surface area contributed by atoms with E-state index in [0.29, 0.717) is 29.5 Å². The van der Waals surface area contributed by atoms with Gasteiger partial charge in [0.15, 0.2) is 5.84 Å². The molecular weight excluding hydrogens is 360 g/mol. The van der Waals surface area contributed by atoms with Gasteiger partial charge in [0, 0.05) is 11.6 Å². The van der Waals surface area contributed by atoms with Crippen LogP contribution >= 0.6 is 0 Å². The van der Waals surface area contributed by atoms with Crippen LogP contribution in [-0.4, -0.2) is 43.8 Å². The fourth-order valence-electron chi connectivity index (χ4n) is 2.25. The maximum atomic E-state index is 9.38. The van der Waals surface area contributed by atoms with E-state index in [1.807, 2.05) is 18.5 Å². The largest absolute Gasteiger partial charge is 0.497 e. The van der Waals surface area contributed by atoms with Gasteiger partial charge in [0.25, 0.3) is 0 Å². The molecule has 8 heteroatoms. The first-order valence-corrected chi connectivity index (χ1v) is 8.63. The van der Waals surface area contributed by atoms with Crippen molar-refractivity contribution in [2.45, 2.75) is 13.8 Å². The molecular formula is C20H24N4O4. The van der Waals surface area contributed by atoms with Crippen molar-refractivity contribution < 1.29 is 19.4 Å². The van der Waals surface area contributed by atoms with Gasteiger partial charge in [-0.1, -0.05) is 0 Å². The minimum atomic E-state index is 0.183. The molecule has 2 aromatic rings. The van der Waals surface area contributed by atoms with Gasteiger partial charge in [-0.05, 0) is 50.2 Å². The Kier molecular flexibility index (Phi) is 7.98. The Balaban J connectivity index is 2.16. The summed E-state index contributed by atoms with van der Waals surface area (Å²) in [5.41, 5.74) is 3.82. The molecule has 2 aromatic carbocycles. The number of aliphatic imine (C=N–C) groups is 1. The quantitative estimate of drug-likeness (QED) is 0.412. The summed E-state index contributed by atoms with van der Waals surface area (Å²) in [4.78, 5) is 4.31. The third-order valence-corrected chi connectivity index (χ3v) is 3.68. The van der Waals surface area contributed by atoms with Crippen molar-refractivity contribution in [2.24, 2.45) is 15.2 Å². The number of hydrogen-bond acceptors (Lipinski definition) is 7. The van der Waals surface area contributed by atoms with Gasteiger partial charge < -0.3 is 14.2 Å². The summed E-state index contributed by atoms with van der Waals surface area (Å²) in [5.74, 6) is 2.23. The van der Waals surface area contributed by atoms with Gasteiger partial charge in [-0.25, -0.2) is 4.99 Å². The molecule has 0 atom stereocenters. The highest BCUT2D eigenvalue weighted by molar-refractivity contribution is 6.40. The predicted octanol–water partition coefficient (Wildman–Crippen LogP) is 3.61. The molecule has 28 heavy (non-hydrogen) atoms. The Hall–Kier alpha value is -3.39. The molecule has 0 fully saturated rings. The lowest BCUT2D eigenvalue weighted by Crippen LogP contribution is -2.26. The molecule has 0 bridgehead atoms. The number of benzene rings is 2. The van der Waals surface area contributed by atoms with Crippen LogP contribution in [0.4, 0.5) is 5.69 Å². The first-order valence-electron chi connectivity index (χ1n) is 8.63. The second-order valence-electron chi connectivity index (χ2n) is 5.54. The van der Waals surface area contributed by atoms with Crippen molar-refractivity contribution in [1.29, 1.82) is 0 Å². The number of rotatable bonds is 8. The highest BCUT2D eigenvalue weighted by Crippen LogP contribution is 2.23. The zero-order chi connectivity index (χ0) is 20.4. The van der Waals surface area contributed by atoms with Crippen LogP contribution in [0.1, 0.15) is 19.4 Å². The van der Waals surface area contributed by atoms with Gasteiger partial charge >= 0.3 is 0 Å². The van der Waals surface area contributed by atoms with Crippen molar-refractivity contribution in [2.75, 3.05) is 20.8 Å². The van der Waals surface area contributed by atoms with Gasteiger partial charge in [0.05, 0.1) is 32.7 Å². The number of amidine groups is 1. The van der Waals surface area contributed by atoms with Gasteiger partial charge in [-0.15, -0.1) is 0 Å². The molecule has 0 radical (unpaired) electrons. The third-order valence-electron chi connectivity index (χ3n) is 3.68. The van der Waals surface area contributed by atoms with Crippen molar-refractivity contribution in [3.63, 3.8) is 0 Å². The Morgan fingerprint density at radius 2 is 1.79 bits per heavy atom. The molecule has 0 saturated carbocycles. The zero-order valence-corrected chi connectivity index (χ0v) is 16.3. The average Bonchev–Trinajstić information content (AvgIpc) is 2.73. The second kappa shape index (κ2) is 10.7. The Bertz CT molecular complexity index is 861. The van der Waals surface area contributed by atoms with Crippen molar-refractivity contribution in [1.82, 2.24) is 5.48 Å². The number of nitrogens with zero attached hydrogens (tertiary/aromatic N) is 3. The average molecular weight is 384 g/mol. The third kappa shape index (κ3) is 5.82. The number of hydrogen-bond donors (Lipinski definition) is 2. The lowest BCUT2D eigenvalue weighted by molar-refractivity contribution is 0.236. The van der Waals surface area contributed by atoms with E-state index in [-0.39, 0.29) is 5.84 Å². The molecule has 0 aliphatic carbocycles. The minimum Gasteiger partial charge on any atom is -0.497 e. The molecule has 0 unspecified atom stereocenters. The van der Waals surface area contributed by atoms with Crippen LogP contribution in [0.25, 0.3) is 0 Å². The van der Waals surface area contributed by atoms with Crippen LogP contribution in [0, 0.1) is 0 Å². The molecule has 148 valence electrons. The van der Waals surface area contributed by atoms with Crippen LogP contribution in [0.3, 0.4) is 0 Å². The van der Waals surface area contributed by atoms with Gasteiger partial charge in [0.2, 0.25) is 0 Å². The number of nitrogens with one attached hydrogen (secondary N) is 1. The summed E-state index contributed by atoms with van der Waals surface area (Å²) in [7, 11) is 3.15. The minimum absolute atomic E-state index is 0.183. The fraction of sp³-hybridized carbons (Fsp3) is 0.250. The number of methoxy groups -OCH3 is 2. The highest BCUT2D eigenvalue weighted by atomic mass is 16.5. The van der Waals surface area contributed by atoms with Crippen LogP contribution in [0.2, 0.25) is 0 Å². The first kappa shape index (κ1) is 20.9. The lowest BCUT2D eigenvalue weighted by atomic mass is 10.2. The molecule has 0 aromatic heterocycles. The van der Waals surface area contributed by atoms with E-state index in [1.54, 1.807) is 63.8 Å². The summed E-state index contributed by atoms with van der Waals surface area (Å²) in [6.45, 7) is 4.19. The smallest absolute Gasteiger partial charge is 0.173 e. The van der Waals surface area contributed by atoms with E-state index in [0.717, 1.165) is 11.3 Å². The van der Waals surface area contributed by atoms with E-state index in [4.69, 9.17) is 14.2 Å². The van der Waals surface area contributed by atoms with Gasteiger partial charge in [-0.2, -0.15) is 10.2 Å². The van der Waals surface area contributed by atoms with E-state index in [2.05, 4.69) is 15.2 Å². The zero-order valence-electron chi connectivity index (χ0n) is 16.3. The summed E-state index contributed by atoms with van der Waals surface area (Å²) >= 11 is 0. The number of hydroxylamine groups is 1. The summed E-state index contributed by atoms with van der Waals surface area (Å²) in [5, 5.41) is 17.5. The Morgan fingerprint density at radius 3 is 2.39 bits per heavy atom. The summed E-state index contributed by atoms with van der Waals surface area (Å²) in [6.07, 6.45) is 1.55. The molecule has 2 N–H and O–H groups in total. The monoisotopic (exact) mass is 384 g/mol. The van der Waals surface area contributed by atoms with E-state index < -0.39 is 0 Å². The maximum absolute atomic E-state index is 9.38. The molecule has 0 aliphatic heterocycles. The predicted molar refractivity (Wildman–Crippen MR) is 110 cm³/mol. The van der Waals surface area contributed by atoms with Crippen LogP contribution in [-0.2, 0) is 0 Å². The highest BCUT2D eigenvalue weighted by Gasteiger charge is 2.05. The fourth-order valence-corrected chi connectivity index (χ4v) is 2.25. The summed E-state index contributed by atoms with van der Waals surface area (Å²) in [6, 6.07) is 12.5. The van der Waals surface area contributed by atoms with Crippen LogP contribution in [0.5, 0.6) is 17.2 Å². The van der Waals surface area contributed by atoms with Crippen molar-refractivity contribution in [3.8, 4) is 17.2 Å². The maximum Gasteiger partial charge on any atom is 0.173 e. The second-order valence-corrected chi connectivity index (χ2v) is 5.54. The lowest BCUT2D eigenvalue weighted by Gasteiger charge is -2.06. The topological polar surface area (TPSA) is 97.0 Å². The summed E-state index contributed by atoms with van der Waals surface area (Å²) < 4.78 is 15.9. The molecule has 0 saturated heterocycles. The van der Waals surface area contributed by atoms with Gasteiger partial charge in [0.1, 0.15) is 23.0 Å². The SMILES string of the molecule is CCOc1ccc(N=C(NO)/C(C)=N/N=C/c2ccc(OC)cc2OC)cc1. The van der Waals surface area contributed by atoms with E-state index in [9.17, 15) is 5.21 Å². The Morgan fingerprint density at radius 1 is 1.07 bits per heavy atom. The van der Waals surface area contributed by atoms with E-state index >= 15 is 0 Å². The standard InChI is InChI=1S/C20H24N4O4/c1-5-28-17-10-7-16(8-11-17)22-20(24-25)14(2)23-21-13-15-6-9-18(26-3)12-19(15)27-4/h6-13,25H,5H2,1-4H3,(H,22,24)/b21-13+,23-14+. The van der Waals surface area contributed by atoms with E-state index in [1.165, 1.54) is 0 Å². The molecule has 0 aliphatic rings. The van der Waals surface area contributed by atoms with Crippen LogP contribution in [0.15, 0.2) is 57.7 Å². The molecule has 0 heterocycles. The van der Waals surface area contributed by atoms with Crippen molar-refractivity contribution in [3.05, 3.63) is 48.0 Å². The first-order chi connectivity index (χ1) is 13.6. The van der Waals surface area contributed by atoms with Crippen molar-refractivity contribution >= 4 is 23.4 Å². The van der Waals surface area contributed by atoms with Crippen LogP contribution < -0.4 is 19.7 Å². The Labute approximate surface area is 164 Å².